The van der Waals surface area contributed by atoms with Gasteiger partial charge in [0.1, 0.15) is 0 Å². The molecule has 0 saturated heterocycles. The maximum absolute atomic E-state index is 4.51. The molecule has 1 heterocycles. The first-order chi connectivity index (χ1) is 11.0. The van der Waals surface area contributed by atoms with Crippen molar-refractivity contribution in [2.75, 3.05) is 10.6 Å². The van der Waals surface area contributed by atoms with Crippen molar-refractivity contribution in [3.8, 4) is 0 Å². The van der Waals surface area contributed by atoms with Gasteiger partial charge in [0.2, 0.25) is 5.96 Å². The minimum absolute atomic E-state index is 0.537. The predicted molar refractivity (Wildman–Crippen MR) is 102 cm³/mol. The van der Waals surface area contributed by atoms with Gasteiger partial charge < -0.3 is 10.6 Å². The zero-order valence-electron chi connectivity index (χ0n) is 13.7. The molecule has 2 N–H and O–H groups in total. The second-order valence-corrected chi connectivity index (χ2v) is 6.82. The van der Waals surface area contributed by atoms with Gasteiger partial charge in [-0.15, -0.1) is 0 Å². The highest BCUT2D eigenvalue weighted by Gasteiger charge is 2.16. The number of rotatable bonds is 3. The summed E-state index contributed by atoms with van der Waals surface area (Å²) >= 11 is 1.48. The van der Waals surface area contributed by atoms with Gasteiger partial charge in [-0.1, -0.05) is 44.7 Å². The number of hydrogen-bond donors (Lipinski definition) is 2. The zero-order valence-corrected chi connectivity index (χ0v) is 14.5. The Labute approximate surface area is 142 Å². The largest absolute Gasteiger partial charge is 0.325 e. The molecule has 2 aromatic rings. The highest BCUT2D eigenvalue weighted by molar-refractivity contribution is 7.98. The van der Waals surface area contributed by atoms with Crippen LogP contribution < -0.4 is 10.6 Å². The van der Waals surface area contributed by atoms with E-state index in [1.165, 1.54) is 17.5 Å². The second kappa shape index (κ2) is 6.50. The van der Waals surface area contributed by atoms with Gasteiger partial charge in [-0.3, -0.25) is 0 Å². The third kappa shape index (κ3) is 3.42. The highest BCUT2D eigenvalue weighted by atomic mass is 32.2. The van der Waals surface area contributed by atoms with Crippen LogP contribution in [0.4, 0.5) is 11.4 Å². The van der Waals surface area contributed by atoms with Crippen LogP contribution in [0.25, 0.3) is 5.57 Å². The average molecular weight is 323 g/mol. The Balaban J connectivity index is 1.79. The lowest BCUT2D eigenvalue weighted by Crippen LogP contribution is -2.24. The van der Waals surface area contributed by atoms with Crippen molar-refractivity contribution in [1.29, 1.82) is 0 Å². The van der Waals surface area contributed by atoms with E-state index in [0.29, 0.717) is 5.92 Å². The van der Waals surface area contributed by atoms with E-state index < -0.39 is 0 Å². The maximum atomic E-state index is 4.51. The lowest BCUT2D eigenvalue weighted by molar-refractivity contribution is 0.867. The lowest BCUT2D eigenvalue weighted by Gasteiger charge is -2.21. The number of hydrogen-bond acceptors (Lipinski definition) is 4. The van der Waals surface area contributed by atoms with Crippen LogP contribution in [0.2, 0.25) is 0 Å². The molecular formula is C19H21N3S. The third-order valence-corrected chi connectivity index (χ3v) is 4.62. The van der Waals surface area contributed by atoms with Crippen molar-refractivity contribution in [2.24, 2.45) is 4.40 Å². The molecule has 0 spiro atoms. The summed E-state index contributed by atoms with van der Waals surface area (Å²) in [4.78, 5) is 1.12. The molecule has 3 rings (SSSR count). The van der Waals surface area contributed by atoms with Crippen LogP contribution in [0.15, 0.2) is 58.3 Å². The van der Waals surface area contributed by atoms with Gasteiger partial charge in [-0.2, -0.15) is 4.40 Å². The van der Waals surface area contributed by atoms with Crippen molar-refractivity contribution in [3.63, 3.8) is 0 Å². The molecule has 0 amide bonds. The van der Waals surface area contributed by atoms with Gasteiger partial charge >= 0.3 is 0 Å². The number of para-hydroxylation sites is 1. The first-order valence-corrected chi connectivity index (χ1v) is 8.50. The molecule has 2 aromatic carbocycles. The van der Waals surface area contributed by atoms with Crippen molar-refractivity contribution in [3.05, 3.63) is 60.2 Å². The van der Waals surface area contributed by atoms with Crippen LogP contribution in [-0.4, -0.2) is 5.96 Å². The number of guanidine groups is 1. The second-order valence-electron chi connectivity index (χ2n) is 6.02. The predicted octanol–water partition coefficient (Wildman–Crippen LogP) is 5.74. The summed E-state index contributed by atoms with van der Waals surface area (Å²) in [5.41, 5.74) is 5.59. The molecule has 23 heavy (non-hydrogen) atoms. The number of fused-ring (bicyclic) bond motifs is 1. The minimum atomic E-state index is 0.537. The molecule has 0 radical (unpaired) electrons. The Morgan fingerprint density at radius 1 is 1.17 bits per heavy atom. The molecule has 0 unspecified atom stereocenters. The normalized spacial score (nSPS) is 13.1. The maximum Gasteiger partial charge on any atom is 0.212 e. The average Bonchev–Trinajstić information content (AvgIpc) is 2.54. The van der Waals surface area contributed by atoms with Crippen molar-refractivity contribution >= 4 is 34.9 Å². The fourth-order valence-corrected chi connectivity index (χ4v) is 3.14. The summed E-state index contributed by atoms with van der Waals surface area (Å²) in [6.07, 6.45) is 0. The fraction of sp³-hybridized carbons (Fsp3) is 0.211. The van der Waals surface area contributed by atoms with E-state index in [1.54, 1.807) is 0 Å². The minimum Gasteiger partial charge on any atom is -0.325 e. The smallest absolute Gasteiger partial charge is 0.212 e. The Morgan fingerprint density at radius 2 is 1.91 bits per heavy atom. The molecule has 0 aliphatic carbocycles. The van der Waals surface area contributed by atoms with Gasteiger partial charge in [-0.05, 0) is 42.2 Å². The van der Waals surface area contributed by atoms with Gasteiger partial charge in [0.05, 0.1) is 10.6 Å². The highest BCUT2D eigenvalue weighted by Crippen LogP contribution is 2.37. The van der Waals surface area contributed by atoms with E-state index in [2.05, 4.69) is 71.9 Å². The van der Waals surface area contributed by atoms with Crippen LogP contribution in [0, 0.1) is 0 Å². The standard InChI is InChI=1S/C19H21N3S/c1-12(2)14-8-10-15(11-9-14)20-19-21-18-16(13(3)4)6-5-7-17(18)23-22-19/h5-12H,3H2,1-2,4H3,(H2,20,21,22). The van der Waals surface area contributed by atoms with Crippen LogP contribution in [0.5, 0.6) is 0 Å². The zero-order chi connectivity index (χ0) is 16.4. The van der Waals surface area contributed by atoms with E-state index >= 15 is 0 Å². The molecule has 1 aliphatic heterocycles. The van der Waals surface area contributed by atoms with Crippen molar-refractivity contribution in [2.45, 2.75) is 31.6 Å². The molecule has 3 nitrogen and oxygen atoms in total. The summed E-state index contributed by atoms with van der Waals surface area (Å²) < 4.78 is 4.51. The summed E-state index contributed by atoms with van der Waals surface area (Å²) in [5.74, 6) is 1.28. The van der Waals surface area contributed by atoms with E-state index in [9.17, 15) is 0 Å². The fourth-order valence-electron chi connectivity index (χ4n) is 2.47. The number of nitrogens with zero attached hydrogens (tertiary/aromatic N) is 1. The molecule has 0 bridgehead atoms. The molecule has 118 valence electrons. The molecule has 4 heteroatoms. The van der Waals surface area contributed by atoms with Gasteiger partial charge in [0, 0.05) is 23.2 Å². The SMILES string of the molecule is C=C(C)c1cccc2c1NC(Nc1ccc(C(C)C)cc1)=NS2. The third-order valence-electron chi connectivity index (χ3n) is 3.80. The molecule has 1 aliphatic rings. The van der Waals surface area contributed by atoms with E-state index in [1.807, 2.05) is 13.0 Å². The summed E-state index contributed by atoms with van der Waals surface area (Å²) in [6, 6.07) is 14.7. The van der Waals surface area contributed by atoms with Gasteiger partial charge in [0.15, 0.2) is 0 Å². The first kappa shape index (κ1) is 15.7. The number of nitrogens with one attached hydrogen (secondary N) is 2. The molecule has 0 saturated carbocycles. The first-order valence-electron chi connectivity index (χ1n) is 7.72. The van der Waals surface area contributed by atoms with Crippen LogP contribution in [-0.2, 0) is 0 Å². The Morgan fingerprint density at radius 3 is 2.57 bits per heavy atom. The van der Waals surface area contributed by atoms with Crippen LogP contribution >= 0.6 is 11.9 Å². The van der Waals surface area contributed by atoms with Crippen molar-refractivity contribution in [1.82, 2.24) is 0 Å². The van der Waals surface area contributed by atoms with Gasteiger partial charge in [0.25, 0.3) is 0 Å². The summed E-state index contributed by atoms with van der Waals surface area (Å²) in [5, 5.41) is 6.73. The molecular weight excluding hydrogens is 302 g/mol. The number of anilines is 2. The van der Waals surface area contributed by atoms with Crippen LogP contribution in [0.1, 0.15) is 37.8 Å². The Kier molecular flexibility index (Phi) is 4.44. The number of benzene rings is 2. The summed E-state index contributed by atoms with van der Waals surface area (Å²) in [7, 11) is 0. The van der Waals surface area contributed by atoms with Crippen LogP contribution in [0.3, 0.4) is 0 Å². The van der Waals surface area contributed by atoms with E-state index in [0.717, 1.165) is 33.4 Å². The lowest BCUT2D eigenvalue weighted by atomic mass is 10.0. The van der Waals surface area contributed by atoms with E-state index in [4.69, 9.17) is 0 Å². The van der Waals surface area contributed by atoms with E-state index in [-0.39, 0.29) is 0 Å². The summed E-state index contributed by atoms with van der Waals surface area (Å²) in [6.45, 7) is 10.5. The Bertz CT molecular complexity index is 761. The molecule has 0 atom stereocenters. The molecule has 0 fully saturated rings. The Hall–Kier alpha value is -2.20. The molecule has 0 aromatic heterocycles. The quantitative estimate of drug-likeness (QED) is 0.707. The monoisotopic (exact) mass is 323 g/mol. The topological polar surface area (TPSA) is 36.4 Å². The van der Waals surface area contributed by atoms with Gasteiger partial charge in [-0.25, -0.2) is 0 Å². The number of allylic oxidation sites excluding steroid dienone is 1. The van der Waals surface area contributed by atoms with Crippen molar-refractivity contribution < 1.29 is 0 Å².